The summed E-state index contributed by atoms with van der Waals surface area (Å²) in [5.74, 6) is 0.834. The van der Waals surface area contributed by atoms with Crippen molar-refractivity contribution in [3.8, 4) is 16.9 Å². The van der Waals surface area contributed by atoms with Crippen LogP contribution >= 0.6 is 11.6 Å². The molecule has 0 aliphatic heterocycles. The Morgan fingerprint density at radius 2 is 1.83 bits per heavy atom. The number of hydrogen-bond acceptors (Lipinski definition) is 5. The average molecular weight is 409 g/mol. The molecule has 0 aliphatic carbocycles. The lowest BCUT2D eigenvalue weighted by molar-refractivity contribution is 0.256. The van der Waals surface area contributed by atoms with Gasteiger partial charge in [0.1, 0.15) is 5.75 Å². The first-order valence-corrected chi connectivity index (χ1v) is 9.05. The smallest absolute Gasteiger partial charge is 0.323 e. The van der Waals surface area contributed by atoms with E-state index < -0.39 is 6.03 Å². The molecule has 4 aromatic rings. The molecule has 1 aromatic heterocycles. The van der Waals surface area contributed by atoms with Crippen LogP contribution in [0.25, 0.3) is 22.1 Å². The zero-order chi connectivity index (χ0) is 20.5. The van der Waals surface area contributed by atoms with Crippen molar-refractivity contribution in [1.82, 2.24) is 5.16 Å². The largest absolute Gasteiger partial charge is 0.495 e. The molecule has 0 spiro atoms. The van der Waals surface area contributed by atoms with E-state index in [0.29, 0.717) is 33.5 Å². The van der Waals surface area contributed by atoms with E-state index in [-0.39, 0.29) is 0 Å². The molecule has 8 heteroatoms. The highest BCUT2D eigenvalue weighted by atomic mass is 35.5. The number of rotatable bonds is 4. The van der Waals surface area contributed by atoms with Crippen LogP contribution in [0.15, 0.2) is 65.2 Å². The number of nitrogen functional groups attached to an aromatic ring is 1. The zero-order valence-corrected chi connectivity index (χ0v) is 16.2. The van der Waals surface area contributed by atoms with E-state index in [9.17, 15) is 4.79 Å². The number of amides is 2. The fourth-order valence-corrected chi connectivity index (χ4v) is 3.50. The third kappa shape index (κ3) is 3.32. The number of aromatic nitrogens is 1. The minimum atomic E-state index is -0.635. The summed E-state index contributed by atoms with van der Waals surface area (Å²) in [7, 11) is 1.52. The number of benzene rings is 3. The molecule has 0 atom stereocenters. The molecule has 0 fully saturated rings. The second kappa shape index (κ2) is 7.37. The van der Waals surface area contributed by atoms with Crippen LogP contribution in [0, 0.1) is 0 Å². The Balaban J connectivity index is 1.74. The molecule has 0 saturated heterocycles. The molecule has 4 rings (SSSR count). The number of carbonyl (C=O) groups excluding carboxylic acids is 1. The fourth-order valence-electron chi connectivity index (χ4n) is 3.24. The van der Waals surface area contributed by atoms with Crippen molar-refractivity contribution in [3.05, 3.63) is 65.7 Å². The molecular weight excluding hydrogens is 392 g/mol. The van der Waals surface area contributed by atoms with Crippen molar-refractivity contribution in [2.45, 2.75) is 0 Å². The first-order chi connectivity index (χ1) is 14.0. The number of urea groups is 1. The molecule has 0 radical (unpaired) electrons. The van der Waals surface area contributed by atoms with Gasteiger partial charge >= 0.3 is 6.03 Å². The van der Waals surface area contributed by atoms with Crippen molar-refractivity contribution < 1.29 is 14.1 Å². The minimum absolute atomic E-state index is 0.325. The molecule has 4 N–H and O–H groups in total. The Kier molecular flexibility index (Phi) is 4.74. The summed E-state index contributed by atoms with van der Waals surface area (Å²) in [6, 6.07) is 17.3. The molecule has 0 unspecified atom stereocenters. The number of nitrogens with zero attached hydrogens (tertiary/aromatic N) is 2. The van der Waals surface area contributed by atoms with Gasteiger partial charge in [-0.1, -0.05) is 41.0 Å². The van der Waals surface area contributed by atoms with Gasteiger partial charge in [-0.25, -0.2) is 4.79 Å². The first kappa shape index (κ1) is 18.6. The zero-order valence-electron chi connectivity index (χ0n) is 15.4. The van der Waals surface area contributed by atoms with Crippen molar-refractivity contribution >= 4 is 45.8 Å². The third-order valence-electron chi connectivity index (χ3n) is 4.58. The number of ether oxygens (including phenoxy) is 1. The van der Waals surface area contributed by atoms with Gasteiger partial charge in [0.2, 0.25) is 0 Å². The second-order valence-electron chi connectivity index (χ2n) is 6.29. The summed E-state index contributed by atoms with van der Waals surface area (Å²) in [6.45, 7) is 0. The number of nitrogens with two attached hydrogens (primary N) is 2. The first-order valence-electron chi connectivity index (χ1n) is 8.67. The van der Waals surface area contributed by atoms with Crippen LogP contribution in [-0.2, 0) is 0 Å². The summed E-state index contributed by atoms with van der Waals surface area (Å²) in [5, 5.41) is 4.95. The number of anilines is 3. The van der Waals surface area contributed by atoms with E-state index in [1.165, 1.54) is 12.0 Å². The van der Waals surface area contributed by atoms with Gasteiger partial charge in [0.05, 0.1) is 28.9 Å². The molecular formula is C21H17ClN4O3. The van der Waals surface area contributed by atoms with Crippen molar-refractivity contribution in [2.24, 2.45) is 5.73 Å². The van der Waals surface area contributed by atoms with Crippen molar-refractivity contribution in [2.75, 3.05) is 17.7 Å². The highest BCUT2D eigenvalue weighted by Crippen LogP contribution is 2.36. The minimum Gasteiger partial charge on any atom is -0.495 e. The predicted octanol–water partition coefficient (Wildman–Crippen LogP) is 4.96. The number of fused-ring (bicyclic) bond motifs is 1. The highest BCUT2D eigenvalue weighted by Gasteiger charge is 2.18. The topological polar surface area (TPSA) is 108 Å². The van der Waals surface area contributed by atoms with E-state index in [2.05, 4.69) is 5.16 Å². The van der Waals surface area contributed by atoms with Crippen molar-refractivity contribution in [1.29, 1.82) is 0 Å². The summed E-state index contributed by atoms with van der Waals surface area (Å²) in [5.41, 5.74) is 15.1. The molecule has 0 saturated carbocycles. The van der Waals surface area contributed by atoms with Gasteiger partial charge in [-0.2, -0.15) is 0 Å². The molecule has 2 amide bonds. The number of methoxy groups -OCH3 is 1. The maximum atomic E-state index is 12.1. The lowest BCUT2D eigenvalue weighted by Gasteiger charge is -2.21. The standard InChI is InChI=1S/C21H17ClN4O3/c1-28-17-10-9-14(11-16(17)22)26(21(24)27)13-7-5-12(6-8-13)15-3-2-4-18-19(15)20(23)25-29-18/h2-11H,1H3,(H2,23,25)(H2,24,27). The van der Waals surface area contributed by atoms with Gasteiger partial charge in [-0.05, 0) is 47.5 Å². The maximum absolute atomic E-state index is 12.1. The molecule has 3 aromatic carbocycles. The Labute approximate surface area is 171 Å². The van der Waals surface area contributed by atoms with Crippen LogP contribution in [0.4, 0.5) is 22.0 Å². The maximum Gasteiger partial charge on any atom is 0.323 e. The molecule has 29 heavy (non-hydrogen) atoms. The number of hydrogen-bond donors (Lipinski definition) is 2. The fraction of sp³-hybridized carbons (Fsp3) is 0.0476. The summed E-state index contributed by atoms with van der Waals surface area (Å²) in [4.78, 5) is 13.5. The number of carbonyl (C=O) groups is 1. The molecule has 0 aliphatic rings. The van der Waals surface area contributed by atoms with Crippen LogP contribution in [-0.4, -0.2) is 18.3 Å². The Morgan fingerprint density at radius 1 is 1.10 bits per heavy atom. The van der Waals surface area contributed by atoms with Gasteiger partial charge in [0, 0.05) is 0 Å². The van der Waals surface area contributed by atoms with Crippen molar-refractivity contribution in [3.63, 3.8) is 0 Å². The van der Waals surface area contributed by atoms with E-state index in [1.54, 1.807) is 36.4 Å². The predicted molar refractivity (Wildman–Crippen MR) is 114 cm³/mol. The number of halogens is 1. The summed E-state index contributed by atoms with van der Waals surface area (Å²) in [6.07, 6.45) is 0. The Morgan fingerprint density at radius 3 is 2.48 bits per heavy atom. The average Bonchev–Trinajstić information content (AvgIpc) is 3.10. The van der Waals surface area contributed by atoms with Crippen LogP contribution < -0.4 is 21.1 Å². The monoisotopic (exact) mass is 408 g/mol. The SMILES string of the molecule is COc1ccc(N(C(N)=O)c2ccc(-c3cccc4onc(N)c34)cc2)cc1Cl. The van der Waals surface area contributed by atoms with Gasteiger partial charge < -0.3 is 20.7 Å². The number of primary amides is 1. The lowest BCUT2D eigenvalue weighted by atomic mass is 10.0. The van der Waals surface area contributed by atoms with Crippen LogP contribution in [0.5, 0.6) is 5.75 Å². The van der Waals surface area contributed by atoms with Gasteiger partial charge in [0.15, 0.2) is 11.4 Å². The van der Waals surface area contributed by atoms with E-state index in [1.807, 2.05) is 24.3 Å². The quantitative estimate of drug-likeness (QED) is 0.496. The van der Waals surface area contributed by atoms with Crippen LogP contribution in [0.2, 0.25) is 5.02 Å². The molecule has 0 bridgehead atoms. The van der Waals surface area contributed by atoms with Gasteiger partial charge in [0.25, 0.3) is 0 Å². The molecule has 7 nitrogen and oxygen atoms in total. The molecule has 1 heterocycles. The Hall–Kier alpha value is -3.71. The lowest BCUT2D eigenvalue weighted by Crippen LogP contribution is -2.31. The van der Waals surface area contributed by atoms with Gasteiger partial charge in [-0.3, -0.25) is 4.90 Å². The third-order valence-corrected chi connectivity index (χ3v) is 4.87. The summed E-state index contributed by atoms with van der Waals surface area (Å²) >= 11 is 6.20. The van der Waals surface area contributed by atoms with Crippen LogP contribution in [0.3, 0.4) is 0 Å². The van der Waals surface area contributed by atoms with E-state index >= 15 is 0 Å². The van der Waals surface area contributed by atoms with Gasteiger partial charge in [-0.15, -0.1) is 0 Å². The van der Waals surface area contributed by atoms with E-state index in [4.69, 9.17) is 32.3 Å². The van der Waals surface area contributed by atoms with Crippen LogP contribution in [0.1, 0.15) is 0 Å². The Bertz CT molecular complexity index is 1200. The second-order valence-corrected chi connectivity index (χ2v) is 6.69. The highest BCUT2D eigenvalue weighted by molar-refractivity contribution is 6.32. The summed E-state index contributed by atoms with van der Waals surface area (Å²) < 4.78 is 10.4. The molecule has 146 valence electrons. The normalized spacial score (nSPS) is 10.8. The van der Waals surface area contributed by atoms with E-state index in [0.717, 1.165) is 16.5 Å².